The predicted molar refractivity (Wildman–Crippen MR) is 215 cm³/mol. The Morgan fingerprint density at radius 2 is 1.56 bits per heavy atom. The molecule has 0 spiro atoms. The monoisotopic (exact) mass is 746 g/mol. The van der Waals surface area contributed by atoms with Crippen LogP contribution in [-0.2, 0) is 20.9 Å². The molecule has 0 unspecified atom stereocenters. The highest BCUT2D eigenvalue weighted by atomic mass is 16.5. The number of phenols is 1. The minimum atomic E-state index is -0.176. The van der Waals surface area contributed by atoms with Gasteiger partial charge in [0.25, 0.3) is 0 Å². The van der Waals surface area contributed by atoms with Crippen molar-refractivity contribution < 1.29 is 24.0 Å². The van der Waals surface area contributed by atoms with Crippen molar-refractivity contribution in [2.24, 2.45) is 0 Å². The van der Waals surface area contributed by atoms with Gasteiger partial charge in [0.05, 0.1) is 11.7 Å². The summed E-state index contributed by atoms with van der Waals surface area (Å²) in [4.78, 5) is 40.5. The van der Waals surface area contributed by atoms with Gasteiger partial charge in [-0.2, -0.15) is 0 Å². The van der Waals surface area contributed by atoms with E-state index in [2.05, 4.69) is 45.5 Å². The number of hydrogen-bond donors (Lipinski definition) is 5. The Morgan fingerprint density at radius 3 is 2.25 bits per heavy atom. The summed E-state index contributed by atoms with van der Waals surface area (Å²) in [5.74, 6) is 0.981. The maximum atomic E-state index is 13.1. The number of nitrogens with one attached hydrogen (secondary N) is 4. The number of hydrogen-bond acceptors (Lipinski definition) is 8. The minimum Gasteiger partial charge on any atom is -0.508 e. The van der Waals surface area contributed by atoms with E-state index in [-0.39, 0.29) is 53.1 Å². The fourth-order valence-electron chi connectivity index (χ4n) is 9.09. The summed E-state index contributed by atoms with van der Waals surface area (Å²) in [5, 5.41) is 28.3. The molecule has 8 rings (SSSR count). The molecule has 3 fully saturated rings. The maximum absolute atomic E-state index is 13.1. The van der Waals surface area contributed by atoms with Gasteiger partial charge in [0, 0.05) is 65.6 Å². The standard InChI is InChI=1S/C44H54N6O5/c1-5-41(54)50-28(2)23-37(36-9-6-7-10-38(36)50)46-33-13-15-34(16-14-33)47-39(52)11-8-12-40(53)48-44-20-17-43(18-21-44,19-22-44)45-27-31-24-32(26-35(51)25-31)42-29(3)49-55-30(42)4/h6-7,9-10,13-16,24-26,28,37,45-46,51H,5,8,11-12,17-23,27H2,1-4H3,(H,47,52)(H,48,53)/t28-,37+,43?,44?/m0/s1. The van der Waals surface area contributed by atoms with Crippen molar-refractivity contribution in [3.63, 3.8) is 0 Å². The highest BCUT2D eigenvalue weighted by Gasteiger charge is 2.49. The molecular weight excluding hydrogens is 693 g/mol. The van der Waals surface area contributed by atoms with E-state index >= 15 is 0 Å². The molecule has 2 heterocycles. The zero-order valence-corrected chi connectivity index (χ0v) is 32.5. The number of carbonyl (C=O) groups is 3. The average Bonchev–Trinajstić information content (AvgIpc) is 3.52. The van der Waals surface area contributed by atoms with Gasteiger partial charge in [-0.1, -0.05) is 30.3 Å². The van der Waals surface area contributed by atoms with Crippen LogP contribution in [0.4, 0.5) is 17.1 Å². The summed E-state index contributed by atoms with van der Waals surface area (Å²) in [6.45, 7) is 8.42. The molecule has 290 valence electrons. The number of phenolic OH excluding ortho intramolecular Hbond substituents is 1. The number of para-hydroxylation sites is 1. The number of aromatic hydroxyl groups is 1. The number of fused-ring (bicyclic) bond motifs is 4. The van der Waals surface area contributed by atoms with E-state index < -0.39 is 0 Å². The zero-order valence-electron chi connectivity index (χ0n) is 32.5. The zero-order chi connectivity index (χ0) is 38.7. The maximum Gasteiger partial charge on any atom is 0.226 e. The third kappa shape index (κ3) is 8.42. The van der Waals surface area contributed by atoms with Crippen LogP contribution in [0.3, 0.4) is 0 Å². The number of rotatable bonds is 13. The molecule has 55 heavy (non-hydrogen) atoms. The number of aromatic nitrogens is 1. The van der Waals surface area contributed by atoms with Crippen molar-refractivity contribution in [1.29, 1.82) is 0 Å². The lowest BCUT2D eigenvalue weighted by atomic mass is 9.61. The van der Waals surface area contributed by atoms with Crippen LogP contribution in [0.1, 0.15) is 113 Å². The Morgan fingerprint density at radius 1 is 0.891 bits per heavy atom. The van der Waals surface area contributed by atoms with Gasteiger partial charge in [0.2, 0.25) is 17.7 Å². The average molecular weight is 747 g/mol. The Kier molecular flexibility index (Phi) is 11.0. The molecule has 3 saturated carbocycles. The first kappa shape index (κ1) is 38.1. The molecule has 5 N–H and O–H groups in total. The Hall–Kier alpha value is -5.16. The summed E-state index contributed by atoms with van der Waals surface area (Å²) >= 11 is 0. The van der Waals surface area contributed by atoms with Crippen molar-refractivity contribution in [3.05, 3.63) is 89.3 Å². The van der Waals surface area contributed by atoms with Crippen LogP contribution in [0.2, 0.25) is 0 Å². The largest absolute Gasteiger partial charge is 0.508 e. The minimum absolute atomic E-state index is 0.0120. The molecule has 2 bridgehead atoms. The molecular formula is C44H54N6O5. The van der Waals surface area contributed by atoms with E-state index in [9.17, 15) is 19.5 Å². The second-order valence-electron chi connectivity index (χ2n) is 16.0. The quantitative estimate of drug-likeness (QED) is 0.0920. The van der Waals surface area contributed by atoms with Gasteiger partial charge in [-0.25, -0.2) is 0 Å². The first-order valence-corrected chi connectivity index (χ1v) is 19.8. The van der Waals surface area contributed by atoms with E-state index in [1.807, 2.05) is 68.1 Å². The molecule has 11 nitrogen and oxygen atoms in total. The van der Waals surface area contributed by atoms with Crippen molar-refractivity contribution >= 4 is 34.8 Å². The molecule has 0 saturated heterocycles. The van der Waals surface area contributed by atoms with E-state index in [1.54, 1.807) is 12.1 Å². The van der Waals surface area contributed by atoms with Crippen molar-refractivity contribution in [2.75, 3.05) is 15.5 Å². The third-order valence-corrected chi connectivity index (χ3v) is 12.1. The van der Waals surface area contributed by atoms with Crippen LogP contribution in [0, 0.1) is 13.8 Å². The highest BCUT2D eigenvalue weighted by molar-refractivity contribution is 5.95. The van der Waals surface area contributed by atoms with E-state index in [0.29, 0.717) is 31.5 Å². The van der Waals surface area contributed by atoms with E-state index in [4.69, 9.17) is 4.52 Å². The number of amides is 3. The highest BCUT2D eigenvalue weighted by Crippen LogP contribution is 2.47. The first-order valence-electron chi connectivity index (χ1n) is 19.8. The normalized spacial score (nSPS) is 22.9. The van der Waals surface area contributed by atoms with E-state index in [0.717, 1.165) is 90.0 Å². The van der Waals surface area contributed by atoms with Crippen molar-refractivity contribution in [3.8, 4) is 16.9 Å². The van der Waals surface area contributed by atoms with Gasteiger partial charge in [-0.05, 0) is 137 Å². The molecule has 1 aromatic heterocycles. The lowest BCUT2D eigenvalue weighted by Gasteiger charge is -2.54. The molecule has 1 aliphatic heterocycles. The van der Waals surface area contributed by atoms with Gasteiger partial charge < -0.3 is 35.8 Å². The van der Waals surface area contributed by atoms with Crippen LogP contribution in [0.25, 0.3) is 11.1 Å². The van der Waals surface area contributed by atoms with Crippen LogP contribution in [-0.4, -0.2) is 45.1 Å². The molecule has 3 amide bonds. The summed E-state index contributed by atoms with van der Waals surface area (Å²) in [6, 6.07) is 21.6. The lowest BCUT2D eigenvalue weighted by Crippen LogP contribution is -2.62. The SMILES string of the molecule is CCC(=O)N1c2ccccc2[C@H](Nc2ccc(NC(=O)CCCC(=O)NC34CCC(NCc5cc(O)cc(-c6c(C)noc6C)c5)(CC3)CC4)cc2)C[C@@H]1C. The summed E-state index contributed by atoms with van der Waals surface area (Å²) in [6.07, 6.45) is 8.02. The van der Waals surface area contributed by atoms with Gasteiger partial charge in [0.1, 0.15) is 11.5 Å². The van der Waals surface area contributed by atoms with Gasteiger partial charge in [-0.3, -0.25) is 14.4 Å². The predicted octanol–water partition coefficient (Wildman–Crippen LogP) is 8.21. The lowest BCUT2D eigenvalue weighted by molar-refractivity contribution is -0.125. The van der Waals surface area contributed by atoms with E-state index in [1.165, 1.54) is 0 Å². The fourth-order valence-corrected chi connectivity index (χ4v) is 9.09. The van der Waals surface area contributed by atoms with Crippen molar-refractivity contribution in [1.82, 2.24) is 15.8 Å². The van der Waals surface area contributed by atoms with Gasteiger partial charge in [0.15, 0.2) is 0 Å². The molecule has 3 aliphatic carbocycles. The third-order valence-electron chi connectivity index (χ3n) is 12.1. The topological polar surface area (TPSA) is 149 Å². The molecule has 4 aromatic rings. The van der Waals surface area contributed by atoms with Crippen LogP contribution < -0.4 is 26.2 Å². The number of aryl methyl sites for hydroxylation is 2. The molecule has 4 aliphatic rings. The van der Waals surface area contributed by atoms with Crippen LogP contribution in [0.15, 0.2) is 71.3 Å². The fraction of sp³-hybridized carbons (Fsp3) is 0.455. The molecule has 3 aromatic carbocycles. The number of benzene rings is 3. The first-order chi connectivity index (χ1) is 26.4. The van der Waals surface area contributed by atoms with Gasteiger partial charge >= 0.3 is 0 Å². The number of carbonyl (C=O) groups excluding carboxylic acids is 3. The molecule has 0 radical (unpaired) electrons. The van der Waals surface area contributed by atoms with Gasteiger partial charge in [-0.15, -0.1) is 0 Å². The molecule has 2 atom stereocenters. The Bertz CT molecular complexity index is 2000. The number of anilines is 3. The second kappa shape index (κ2) is 15.9. The Balaban J connectivity index is 0.838. The van der Waals surface area contributed by atoms with Crippen molar-refractivity contribution in [2.45, 2.75) is 128 Å². The second-order valence-corrected chi connectivity index (χ2v) is 16.0. The Labute approximate surface area is 323 Å². The molecule has 11 heteroatoms. The smallest absolute Gasteiger partial charge is 0.226 e. The van der Waals surface area contributed by atoms with Crippen LogP contribution >= 0.6 is 0 Å². The number of nitrogens with zero attached hydrogens (tertiary/aromatic N) is 2. The summed E-state index contributed by atoms with van der Waals surface area (Å²) < 4.78 is 5.35. The summed E-state index contributed by atoms with van der Waals surface area (Å²) in [7, 11) is 0. The van der Waals surface area contributed by atoms with Crippen LogP contribution in [0.5, 0.6) is 5.75 Å². The summed E-state index contributed by atoms with van der Waals surface area (Å²) in [5.41, 5.74) is 7.18.